The van der Waals surface area contributed by atoms with E-state index in [4.69, 9.17) is 4.74 Å². The van der Waals surface area contributed by atoms with E-state index in [0.29, 0.717) is 18.6 Å². The fourth-order valence-corrected chi connectivity index (χ4v) is 3.13. The summed E-state index contributed by atoms with van der Waals surface area (Å²) in [4.78, 5) is 16.8. The molecule has 21 heavy (non-hydrogen) atoms. The van der Waals surface area contributed by atoms with Gasteiger partial charge in [0.15, 0.2) is 0 Å². The largest absolute Gasteiger partial charge is 0.465 e. The number of nitrogens with one attached hydrogen (secondary N) is 1. The van der Waals surface area contributed by atoms with Crippen LogP contribution in [0.1, 0.15) is 34.1 Å². The molecule has 0 saturated carbocycles. The van der Waals surface area contributed by atoms with Gasteiger partial charge in [-0.05, 0) is 33.4 Å². The van der Waals surface area contributed by atoms with Gasteiger partial charge in [-0.1, -0.05) is 20.8 Å². The molecule has 3 unspecified atom stereocenters. The van der Waals surface area contributed by atoms with Crippen LogP contribution in [-0.4, -0.2) is 74.2 Å². The topological polar surface area (TPSA) is 44.8 Å². The zero-order valence-electron chi connectivity index (χ0n) is 14.6. The summed E-state index contributed by atoms with van der Waals surface area (Å²) in [5, 5.41) is 3.32. The SMILES string of the molecule is CCOC(=O)C(CCN1CC(C)C(N(C)C)C1)NC(C)C. The van der Waals surface area contributed by atoms with Crippen LogP contribution in [0.3, 0.4) is 0 Å². The van der Waals surface area contributed by atoms with Crippen LogP contribution in [0, 0.1) is 5.92 Å². The Morgan fingerprint density at radius 1 is 1.38 bits per heavy atom. The molecule has 1 saturated heterocycles. The number of ether oxygens (including phenoxy) is 1. The van der Waals surface area contributed by atoms with Gasteiger partial charge in [-0.3, -0.25) is 4.79 Å². The predicted molar refractivity (Wildman–Crippen MR) is 86.4 cm³/mol. The van der Waals surface area contributed by atoms with Crippen molar-refractivity contribution in [3.63, 3.8) is 0 Å². The Hall–Kier alpha value is -0.650. The molecular formula is C16H33N3O2. The molecular weight excluding hydrogens is 266 g/mol. The molecule has 0 spiro atoms. The van der Waals surface area contributed by atoms with Crippen LogP contribution in [-0.2, 0) is 9.53 Å². The first-order valence-corrected chi connectivity index (χ1v) is 8.16. The number of esters is 1. The molecule has 5 heteroatoms. The Morgan fingerprint density at radius 2 is 2.05 bits per heavy atom. The molecule has 1 heterocycles. The van der Waals surface area contributed by atoms with Crippen molar-refractivity contribution in [1.82, 2.24) is 15.1 Å². The third-order valence-electron chi connectivity index (χ3n) is 4.15. The molecule has 0 aromatic heterocycles. The quantitative estimate of drug-likeness (QED) is 0.682. The maximum Gasteiger partial charge on any atom is 0.323 e. The number of nitrogens with zero attached hydrogens (tertiary/aromatic N) is 2. The number of hydrogen-bond donors (Lipinski definition) is 1. The highest BCUT2D eigenvalue weighted by Crippen LogP contribution is 2.20. The lowest BCUT2D eigenvalue weighted by molar-refractivity contribution is -0.146. The maximum absolute atomic E-state index is 12.0. The normalized spacial score (nSPS) is 24.8. The van der Waals surface area contributed by atoms with Crippen LogP contribution in [0.2, 0.25) is 0 Å². The van der Waals surface area contributed by atoms with Gasteiger partial charge in [0, 0.05) is 31.7 Å². The predicted octanol–water partition coefficient (Wildman–Crippen LogP) is 1.19. The summed E-state index contributed by atoms with van der Waals surface area (Å²) in [5.41, 5.74) is 0. The first kappa shape index (κ1) is 18.4. The Morgan fingerprint density at radius 3 is 2.52 bits per heavy atom. The molecule has 0 amide bonds. The third kappa shape index (κ3) is 5.93. The Labute approximate surface area is 130 Å². The van der Waals surface area contributed by atoms with Gasteiger partial charge in [0.2, 0.25) is 0 Å². The van der Waals surface area contributed by atoms with Crippen LogP contribution in [0.5, 0.6) is 0 Å². The zero-order valence-corrected chi connectivity index (χ0v) is 14.6. The third-order valence-corrected chi connectivity index (χ3v) is 4.15. The van der Waals surface area contributed by atoms with E-state index in [-0.39, 0.29) is 18.1 Å². The summed E-state index contributed by atoms with van der Waals surface area (Å²) in [6, 6.07) is 0.703. The van der Waals surface area contributed by atoms with E-state index in [9.17, 15) is 4.79 Å². The van der Waals surface area contributed by atoms with E-state index in [1.54, 1.807) is 0 Å². The van der Waals surface area contributed by atoms with E-state index in [0.717, 1.165) is 26.1 Å². The minimum atomic E-state index is -0.196. The van der Waals surface area contributed by atoms with Crippen molar-refractivity contribution in [2.24, 2.45) is 5.92 Å². The van der Waals surface area contributed by atoms with Gasteiger partial charge in [-0.2, -0.15) is 0 Å². The fourth-order valence-electron chi connectivity index (χ4n) is 3.13. The lowest BCUT2D eigenvalue weighted by Crippen LogP contribution is -2.44. The van der Waals surface area contributed by atoms with Crippen molar-refractivity contribution in [3.8, 4) is 0 Å². The number of carbonyl (C=O) groups is 1. The molecule has 1 rings (SSSR count). The van der Waals surface area contributed by atoms with E-state index in [1.165, 1.54) is 0 Å². The molecule has 1 aliphatic heterocycles. The zero-order chi connectivity index (χ0) is 16.0. The van der Waals surface area contributed by atoms with Crippen molar-refractivity contribution in [2.45, 2.75) is 52.2 Å². The minimum absolute atomic E-state index is 0.123. The summed E-state index contributed by atoms with van der Waals surface area (Å²) in [6.07, 6.45) is 0.809. The van der Waals surface area contributed by atoms with Gasteiger partial charge in [-0.15, -0.1) is 0 Å². The Kier molecular flexibility index (Phi) is 7.63. The average Bonchev–Trinajstić information content (AvgIpc) is 2.75. The van der Waals surface area contributed by atoms with Crippen molar-refractivity contribution in [2.75, 3.05) is 40.3 Å². The maximum atomic E-state index is 12.0. The Bertz CT molecular complexity index is 321. The number of likely N-dealkylation sites (tertiary alicyclic amines) is 1. The molecule has 124 valence electrons. The first-order chi connectivity index (χ1) is 9.85. The standard InChI is InChI=1S/C16H33N3O2/c1-7-21-16(20)14(17-12(2)3)8-9-19-10-13(4)15(11-19)18(5)6/h12-15,17H,7-11H2,1-6H3. The summed E-state index contributed by atoms with van der Waals surface area (Å²) in [5.74, 6) is 0.557. The highest BCUT2D eigenvalue weighted by atomic mass is 16.5. The lowest BCUT2D eigenvalue weighted by Gasteiger charge is -2.24. The highest BCUT2D eigenvalue weighted by molar-refractivity contribution is 5.75. The van der Waals surface area contributed by atoms with E-state index in [1.807, 2.05) is 6.92 Å². The molecule has 0 radical (unpaired) electrons. The van der Waals surface area contributed by atoms with E-state index in [2.05, 4.69) is 50.0 Å². The lowest BCUT2D eigenvalue weighted by atomic mass is 10.1. The van der Waals surface area contributed by atoms with Gasteiger partial charge >= 0.3 is 5.97 Å². The van der Waals surface area contributed by atoms with Crippen molar-refractivity contribution < 1.29 is 9.53 Å². The summed E-state index contributed by atoms with van der Waals surface area (Å²) in [7, 11) is 4.29. The highest BCUT2D eigenvalue weighted by Gasteiger charge is 2.31. The number of likely N-dealkylation sites (N-methyl/N-ethyl adjacent to an activating group) is 1. The second-order valence-corrected chi connectivity index (χ2v) is 6.68. The van der Waals surface area contributed by atoms with Crippen molar-refractivity contribution >= 4 is 5.97 Å². The molecule has 0 aromatic carbocycles. The molecule has 1 aliphatic rings. The summed E-state index contributed by atoms with van der Waals surface area (Å²) >= 11 is 0. The van der Waals surface area contributed by atoms with Crippen molar-refractivity contribution in [3.05, 3.63) is 0 Å². The minimum Gasteiger partial charge on any atom is -0.465 e. The van der Waals surface area contributed by atoms with Crippen LogP contribution in [0.15, 0.2) is 0 Å². The van der Waals surface area contributed by atoms with Gasteiger partial charge in [0.05, 0.1) is 6.61 Å². The molecule has 0 bridgehead atoms. The monoisotopic (exact) mass is 299 g/mol. The van der Waals surface area contributed by atoms with Gasteiger partial charge in [0.1, 0.15) is 6.04 Å². The smallest absolute Gasteiger partial charge is 0.323 e. The molecule has 0 aliphatic carbocycles. The van der Waals surface area contributed by atoms with Gasteiger partial charge in [0.25, 0.3) is 0 Å². The van der Waals surface area contributed by atoms with Crippen LogP contribution in [0.25, 0.3) is 0 Å². The van der Waals surface area contributed by atoms with Crippen LogP contribution < -0.4 is 5.32 Å². The average molecular weight is 299 g/mol. The Balaban J connectivity index is 2.48. The molecule has 1 N–H and O–H groups in total. The second kappa shape index (κ2) is 8.71. The molecule has 3 atom stereocenters. The van der Waals surface area contributed by atoms with Crippen LogP contribution >= 0.6 is 0 Å². The summed E-state index contributed by atoms with van der Waals surface area (Å²) in [6.45, 7) is 11.9. The van der Waals surface area contributed by atoms with E-state index < -0.39 is 0 Å². The molecule has 5 nitrogen and oxygen atoms in total. The number of hydrogen-bond acceptors (Lipinski definition) is 5. The molecule has 1 fully saturated rings. The van der Waals surface area contributed by atoms with Crippen LogP contribution in [0.4, 0.5) is 0 Å². The van der Waals surface area contributed by atoms with Crippen molar-refractivity contribution in [1.29, 1.82) is 0 Å². The number of carbonyl (C=O) groups excluding carboxylic acids is 1. The number of rotatable bonds is 8. The van der Waals surface area contributed by atoms with Gasteiger partial charge < -0.3 is 19.9 Å². The summed E-state index contributed by atoms with van der Waals surface area (Å²) < 4.78 is 5.17. The second-order valence-electron chi connectivity index (χ2n) is 6.68. The first-order valence-electron chi connectivity index (χ1n) is 8.16. The van der Waals surface area contributed by atoms with Gasteiger partial charge in [-0.25, -0.2) is 0 Å². The molecule has 0 aromatic rings. The fraction of sp³-hybridized carbons (Fsp3) is 0.938. The van der Waals surface area contributed by atoms with E-state index >= 15 is 0 Å².